The molecule has 32 heavy (non-hydrogen) atoms. The number of carbonyl (C=O) groups is 1. The van der Waals surface area contributed by atoms with Crippen LogP contribution in [0.1, 0.15) is 57.6 Å². The Labute approximate surface area is 198 Å². The Hall–Kier alpha value is -2.67. The predicted molar refractivity (Wildman–Crippen MR) is 129 cm³/mol. The number of halogens is 1. The minimum Gasteiger partial charge on any atom is -0.483 e. The summed E-state index contributed by atoms with van der Waals surface area (Å²) in [6.07, 6.45) is 0. The van der Waals surface area contributed by atoms with Crippen LogP contribution < -0.4 is 4.74 Å². The van der Waals surface area contributed by atoms with Crippen LogP contribution in [0.15, 0.2) is 51.4 Å². The summed E-state index contributed by atoms with van der Waals surface area (Å²) >= 11 is 3.51. The smallest absolute Gasteiger partial charge is 0.260 e. The van der Waals surface area contributed by atoms with Gasteiger partial charge in [-0.15, -0.1) is 10.2 Å². The third-order valence-electron chi connectivity index (χ3n) is 5.24. The highest BCUT2D eigenvalue weighted by atomic mass is 79.9. The van der Waals surface area contributed by atoms with Crippen LogP contribution in [0.4, 0.5) is 0 Å². The van der Waals surface area contributed by atoms with Crippen LogP contribution in [0.3, 0.4) is 0 Å². The van der Waals surface area contributed by atoms with Gasteiger partial charge in [0.15, 0.2) is 6.61 Å². The molecule has 0 saturated heterocycles. The summed E-state index contributed by atoms with van der Waals surface area (Å²) in [5.74, 6) is 1.68. The van der Waals surface area contributed by atoms with Crippen molar-refractivity contribution in [2.45, 2.75) is 52.5 Å². The number of amides is 1. The molecule has 0 aliphatic heterocycles. The lowest BCUT2D eigenvalue weighted by Gasteiger charge is -2.18. The van der Waals surface area contributed by atoms with E-state index in [4.69, 9.17) is 9.15 Å². The van der Waals surface area contributed by atoms with Gasteiger partial charge >= 0.3 is 0 Å². The Kier molecular flexibility index (Phi) is 7.39. The Morgan fingerprint density at radius 3 is 2.41 bits per heavy atom. The van der Waals surface area contributed by atoms with Crippen molar-refractivity contribution >= 4 is 21.8 Å². The van der Waals surface area contributed by atoms with E-state index in [1.807, 2.05) is 30.3 Å². The Balaban J connectivity index is 1.57. The van der Waals surface area contributed by atoms with E-state index < -0.39 is 0 Å². The summed E-state index contributed by atoms with van der Waals surface area (Å²) < 4.78 is 12.3. The average molecular weight is 500 g/mol. The molecule has 0 atom stereocenters. The molecule has 3 rings (SSSR count). The number of hydrogen-bond acceptors (Lipinski definition) is 5. The van der Waals surface area contributed by atoms with E-state index in [9.17, 15) is 4.79 Å². The summed E-state index contributed by atoms with van der Waals surface area (Å²) in [7, 11) is 1.69. The summed E-state index contributed by atoms with van der Waals surface area (Å²) in [5.41, 5.74) is 3.36. The normalized spacial score (nSPS) is 11.6. The molecule has 2 aromatic carbocycles. The van der Waals surface area contributed by atoms with Crippen LogP contribution in [0.25, 0.3) is 11.5 Å². The monoisotopic (exact) mass is 499 g/mol. The number of benzene rings is 2. The number of likely N-dealkylation sites (N-methyl/N-ethyl adjacent to an activating group) is 1. The molecule has 0 saturated carbocycles. The van der Waals surface area contributed by atoms with Crippen LogP contribution in [-0.2, 0) is 16.8 Å². The first kappa shape index (κ1) is 24.0. The second kappa shape index (κ2) is 9.86. The first-order valence-corrected chi connectivity index (χ1v) is 11.4. The largest absolute Gasteiger partial charge is 0.483 e. The molecule has 0 spiro atoms. The molecule has 1 heterocycles. The van der Waals surface area contributed by atoms with Crippen LogP contribution in [0, 0.1) is 0 Å². The molecule has 0 aliphatic carbocycles. The highest BCUT2D eigenvalue weighted by Crippen LogP contribution is 2.29. The van der Waals surface area contributed by atoms with Crippen molar-refractivity contribution in [3.05, 3.63) is 64.0 Å². The topological polar surface area (TPSA) is 68.5 Å². The molecular weight excluding hydrogens is 470 g/mol. The van der Waals surface area contributed by atoms with Crippen molar-refractivity contribution in [1.82, 2.24) is 15.1 Å². The van der Waals surface area contributed by atoms with Crippen molar-refractivity contribution in [3.63, 3.8) is 0 Å². The van der Waals surface area contributed by atoms with Gasteiger partial charge in [0.1, 0.15) is 5.75 Å². The van der Waals surface area contributed by atoms with Crippen LogP contribution in [-0.4, -0.2) is 34.7 Å². The van der Waals surface area contributed by atoms with Crippen LogP contribution in [0.5, 0.6) is 5.75 Å². The average Bonchev–Trinajstić information content (AvgIpc) is 3.20. The maximum atomic E-state index is 12.5. The van der Waals surface area contributed by atoms with Crippen molar-refractivity contribution in [3.8, 4) is 17.2 Å². The van der Waals surface area contributed by atoms with Gasteiger partial charge in [-0.05, 0) is 62.7 Å². The lowest BCUT2D eigenvalue weighted by Crippen LogP contribution is -2.31. The molecule has 6 nitrogen and oxygen atoms in total. The summed E-state index contributed by atoms with van der Waals surface area (Å²) in [5, 5.41) is 8.21. The van der Waals surface area contributed by atoms with Gasteiger partial charge in [0.25, 0.3) is 5.91 Å². The highest BCUT2D eigenvalue weighted by Gasteiger charge is 2.17. The van der Waals surface area contributed by atoms with Crippen molar-refractivity contribution < 1.29 is 13.9 Å². The number of aromatic nitrogens is 2. The van der Waals surface area contributed by atoms with E-state index in [1.165, 1.54) is 16.0 Å². The number of rotatable bonds is 7. The van der Waals surface area contributed by atoms with Crippen LogP contribution in [0.2, 0.25) is 0 Å². The number of ether oxygens (including phenoxy) is 1. The molecule has 0 aliphatic rings. The first-order valence-electron chi connectivity index (χ1n) is 10.6. The maximum Gasteiger partial charge on any atom is 0.260 e. The molecule has 3 aromatic rings. The van der Waals surface area contributed by atoms with E-state index in [0.717, 1.165) is 10.0 Å². The second-order valence-electron chi connectivity index (χ2n) is 9.21. The molecule has 1 amide bonds. The number of nitrogens with zero attached hydrogens (tertiary/aromatic N) is 3. The zero-order valence-corrected chi connectivity index (χ0v) is 21.1. The van der Waals surface area contributed by atoms with Gasteiger partial charge in [-0.3, -0.25) is 4.79 Å². The van der Waals surface area contributed by atoms with Gasteiger partial charge in [0.05, 0.1) is 11.0 Å². The summed E-state index contributed by atoms with van der Waals surface area (Å²) in [4.78, 5) is 14.0. The lowest BCUT2D eigenvalue weighted by molar-refractivity contribution is -0.132. The van der Waals surface area contributed by atoms with E-state index >= 15 is 0 Å². The zero-order valence-electron chi connectivity index (χ0n) is 19.5. The minimum atomic E-state index is -0.181. The standard InChI is InChI=1S/C25H30BrN3O3/c1-16(2)18-9-12-21(20(26)13-18)31-15-23(30)29(6)14-22-27-28-24(32-22)17-7-10-19(11-8-17)25(3,4)5/h7-13,16H,14-15H2,1-6H3. The van der Waals surface area contributed by atoms with E-state index in [0.29, 0.717) is 23.4 Å². The van der Waals surface area contributed by atoms with Crippen molar-refractivity contribution in [2.75, 3.05) is 13.7 Å². The highest BCUT2D eigenvalue weighted by molar-refractivity contribution is 9.10. The summed E-state index contributed by atoms with van der Waals surface area (Å²) in [6.45, 7) is 10.9. The summed E-state index contributed by atoms with van der Waals surface area (Å²) in [6, 6.07) is 14.0. The molecular formula is C25H30BrN3O3. The number of hydrogen-bond donors (Lipinski definition) is 0. The van der Waals surface area contributed by atoms with Gasteiger partial charge in [0, 0.05) is 12.6 Å². The van der Waals surface area contributed by atoms with Crippen molar-refractivity contribution in [2.24, 2.45) is 0 Å². The third-order valence-corrected chi connectivity index (χ3v) is 5.86. The third kappa shape index (κ3) is 5.97. The molecule has 1 aromatic heterocycles. The maximum absolute atomic E-state index is 12.5. The second-order valence-corrected chi connectivity index (χ2v) is 10.1. The van der Waals surface area contributed by atoms with Gasteiger partial charge < -0.3 is 14.1 Å². The minimum absolute atomic E-state index is 0.0780. The lowest BCUT2D eigenvalue weighted by atomic mass is 9.87. The molecule has 0 unspecified atom stereocenters. The quantitative estimate of drug-likeness (QED) is 0.401. The molecule has 0 radical (unpaired) electrons. The number of carbonyl (C=O) groups excluding carboxylic acids is 1. The first-order chi connectivity index (χ1) is 15.0. The van der Waals surface area contributed by atoms with Gasteiger partial charge in [0.2, 0.25) is 11.8 Å². The Morgan fingerprint density at radius 1 is 1.12 bits per heavy atom. The van der Waals surface area contributed by atoms with E-state index in [1.54, 1.807) is 7.05 Å². The fourth-order valence-corrected chi connectivity index (χ4v) is 3.59. The van der Waals surface area contributed by atoms with Gasteiger partial charge in [-0.1, -0.05) is 52.8 Å². The Bertz CT molecular complexity index is 1070. The van der Waals surface area contributed by atoms with E-state index in [2.05, 4.69) is 72.9 Å². The SMILES string of the molecule is CC(C)c1ccc(OCC(=O)N(C)Cc2nnc(-c3ccc(C(C)(C)C)cc3)o2)c(Br)c1. The van der Waals surface area contributed by atoms with Gasteiger partial charge in [-0.25, -0.2) is 0 Å². The van der Waals surface area contributed by atoms with Crippen LogP contribution >= 0.6 is 15.9 Å². The molecule has 0 N–H and O–H groups in total. The predicted octanol–water partition coefficient (Wildman–Crippen LogP) is 5.96. The fraction of sp³-hybridized carbons (Fsp3) is 0.400. The molecule has 0 fully saturated rings. The zero-order chi connectivity index (χ0) is 23.5. The fourth-order valence-electron chi connectivity index (χ4n) is 3.08. The van der Waals surface area contributed by atoms with Gasteiger partial charge in [-0.2, -0.15) is 0 Å². The molecule has 0 bridgehead atoms. The molecule has 7 heteroatoms. The Morgan fingerprint density at radius 2 is 1.81 bits per heavy atom. The molecule has 170 valence electrons. The van der Waals surface area contributed by atoms with E-state index in [-0.39, 0.29) is 24.5 Å². The van der Waals surface area contributed by atoms with Crippen molar-refractivity contribution in [1.29, 1.82) is 0 Å².